The van der Waals surface area contributed by atoms with Crippen molar-refractivity contribution in [3.05, 3.63) is 89.7 Å². The lowest BCUT2D eigenvalue weighted by atomic mass is 10.2. The van der Waals surface area contributed by atoms with E-state index in [9.17, 15) is 14.0 Å². The summed E-state index contributed by atoms with van der Waals surface area (Å²) in [5.41, 5.74) is 3.92. The molecule has 0 bridgehead atoms. The van der Waals surface area contributed by atoms with Gasteiger partial charge in [0.25, 0.3) is 5.91 Å². The van der Waals surface area contributed by atoms with E-state index in [1.807, 2.05) is 12.1 Å². The van der Waals surface area contributed by atoms with Gasteiger partial charge in [0.1, 0.15) is 17.3 Å². The summed E-state index contributed by atoms with van der Waals surface area (Å²) >= 11 is 0. The molecular formula is C23H20FN3O4. The van der Waals surface area contributed by atoms with Crippen molar-refractivity contribution in [3.8, 4) is 11.5 Å². The van der Waals surface area contributed by atoms with Crippen LogP contribution in [-0.2, 0) is 4.79 Å². The van der Waals surface area contributed by atoms with Gasteiger partial charge in [-0.2, -0.15) is 5.10 Å². The fourth-order valence-corrected chi connectivity index (χ4v) is 2.59. The highest BCUT2D eigenvalue weighted by Gasteiger charge is 2.09. The number of benzene rings is 3. The van der Waals surface area contributed by atoms with Crippen LogP contribution in [0, 0.1) is 5.82 Å². The molecule has 3 aromatic carbocycles. The van der Waals surface area contributed by atoms with Gasteiger partial charge >= 0.3 is 5.97 Å². The average molecular weight is 421 g/mol. The van der Waals surface area contributed by atoms with Gasteiger partial charge in [-0.15, -0.1) is 0 Å². The Hall–Kier alpha value is -4.20. The third-order valence-corrected chi connectivity index (χ3v) is 4.10. The Labute approximate surface area is 178 Å². The second kappa shape index (κ2) is 10.5. The van der Waals surface area contributed by atoms with Crippen molar-refractivity contribution in [3.63, 3.8) is 0 Å². The molecule has 0 spiro atoms. The van der Waals surface area contributed by atoms with Crippen LogP contribution >= 0.6 is 0 Å². The Morgan fingerprint density at radius 1 is 1.03 bits per heavy atom. The molecule has 0 radical (unpaired) electrons. The second-order valence-electron chi connectivity index (χ2n) is 6.32. The highest BCUT2D eigenvalue weighted by molar-refractivity contribution is 5.91. The smallest absolute Gasteiger partial charge is 0.343 e. The number of carbonyl (C=O) groups is 2. The van der Waals surface area contributed by atoms with E-state index in [1.165, 1.54) is 24.4 Å². The molecular weight excluding hydrogens is 401 g/mol. The van der Waals surface area contributed by atoms with Gasteiger partial charge in [-0.05, 0) is 60.2 Å². The van der Waals surface area contributed by atoms with Crippen LogP contribution in [0.2, 0.25) is 0 Å². The van der Waals surface area contributed by atoms with Gasteiger partial charge in [0.15, 0.2) is 0 Å². The summed E-state index contributed by atoms with van der Waals surface area (Å²) in [6.07, 6.45) is 1.46. The lowest BCUT2D eigenvalue weighted by molar-refractivity contribution is -0.119. The Balaban J connectivity index is 1.48. The molecule has 3 aromatic rings. The van der Waals surface area contributed by atoms with Crippen LogP contribution in [0.3, 0.4) is 0 Å². The van der Waals surface area contributed by atoms with E-state index >= 15 is 0 Å². The molecule has 0 saturated carbocycles. The lowest BCUT2D eigenvalue weighted by Crippen LogP contribution is -2.26. The maximum absolute atomic E-state index is 13.2. The molecule has 0 aliphatic rings. The number of ether oxygens (including phenoxy) is 2. The fourth-order valence-electron chi connectivity index (χ4n) is 2.59. The van der Waals surface area contributed by atoms with Crippen molar-refractivity contribution in [2.24, 2.45) is 5.10 Å². The van der Waals surface area contributed by atoms with Crippen molar-refractivity contribution >= 4 is 23.8 Å². The number of anilines is 1. The third-order valence-electron chi connectivity index (χ3n) is 4.10. The molecule has 0 aromatic heterocycles. The summed E-state index contributed by atoms with van der Waals surface area (Å²) in [5, 5.41) is 6.87. The number of hydrogen-bond donors (Lipinski definition) is 2. The van der Waals surface area contributed by atoms with Gasteiger partial charge in [-0.25, -0.2) is 14.6 Å². The predicted octanol–water partition coefficient (Wildman–Crippen LogP) is 3.62. The quantitative estimate of drug-likeness (QED) is 0.251. The van der Waals surface area contributed by atoms with Crippen molar-refractivity contribution in [2.45, 2.75) is 0 Å². The zero-order chi connectivity index (χ0) is 22.1. The van der Waals surface area contributed by atoms with Gasteiger partial charge < -0.3 is 14.8 Å². The summed E-state index contributed by atoms with van der Waals surface area (Å²) < 4.78 is 23.6. The minimum absolute atomic E-state index is 0.0205. The first-order valence-corrected chi connectivity index (χ1v) is 9.32. The van der Waals surface area contributed by atoms with E-state index in [0.29, 0.717) is 22.7 Å². The van der Waals surface area contributed by atoms with E-state index < -0.39 is 11.8 Å². The molecule has 8 heteroatoms. The molecule has 1 amide bonds. The molecule has 3 rings (SSSR count). The van der Waals surface area contributed by atoms with Crippen molar-refractivity contribution in [1.82, 2.24) is 5.43 Å². The largest absolute Gasteiger partial charge is 0.495 e. The minimum atomic E-state index is -0.657. The number of nitrogens with one attached hydrogen (secondary N) is 2. The molecule has 0 fully saturated rings. The van der Waals surface area contributed by atoms with Crippen molar-refractivity contribution in [2.75, 3.05) is 19.0 Å². The maximum Gasteiger partial charge on any atom is 0.343 e. The van der Waals surface area contributed by atoms with Gasteiger partial charge in [0.2, 0.25) is 0 Å². The number of para-hydroxylation sites is 2. The molecule has 2 N–H and O–H groups in total. The Kier molecular flexibility index (Phi) is 7.31. The molecule has 0 atom stereocenters. The van der Waals surface area contributed by atoms with Crippen molar-refractivity contribution in [1.29, 1.82) is 0 Å². The van der Waals surface area contributed by atoms with E-state index in [-0.39, 0.29) is 18.0 Å². The van der Waals surface area contributed by atoms with Crippen LogP contribution < -0.4 is 20.2 Å². The standard InChI is InChI=1S/C23H20FN3O4/c1-30-21-8-3-2-7-20(21)25-15-22(28)27-26-14-16-9-11-19(12-10-16)31-23(29)17-5-4-6-18(24)13-17/h2-14,25H,15H2,1H3,(H,27,28)/b26-14-. The third kappa shape index (κ3) is 6.40. The average Bonchev–Trinajstić information content (AvgIpc) is 2.79. The number of hydrogen-bond acceptors (Lipinski definition) is 6. The first kappa shape index (κ1) is 21.5. The van der Waals surface area contributed by atoms with Crippen LogP contribution in [0.1, 0.15) is 15.9 Å². The summed E-state index contributed by atoms with van der Waals surface area (Å²) in [6.45, 7) is 0.0205. The van der Waals surface area contributed by atoms with Gasteiger partial charge in [-0.3, -0.25) is 4.79 Å². The Morgan fingerprint density at radius 3 is 2.55 bits per heavy atom. The van der Waals surface area contributed by atoms with E-state index in [0.717, 1.165) is 6.07 Å². The predicted molar refractivity (Wildman–Crippen MR) is 115 cm³/mol. The Bertz CT molecular complexity index is 1080. The summed E-state index contributed by atoms with van der Waals surface area (Å²) in [7, 11) is 1.55. The first-order valence-electron chi connectivity index (χ1n) is 9.32. The zero-order valence-electron chi connectivity index (χ0n) is 16.7. The number of halogens is 1. The van der Waals surface area contributed by atoms with Crippen LogP contribution in [-0.4, -0.2) is 31.7 Å². The Morgan fingerprint density at radius 2 is 1.81 bits per heavy atom. The number of nitrogens with zero attached hydrogens (tertiary/aromatic N) is 1. The van der Waals surface area contributed by atoms with Crippen LogP contribution in [0.5, 0.6) is 11.5 Å². The van der Waals surface area contributed by atoms with Crippen LogP contribution in [0.4, 0.5) is 10.1 Å². The van der Waals surface area contributed by atoms with Crippen LogP contribution in [0.25, 0.3) is 0 Å². The van der Waals surface area contributed by atoms with E-state index in [1.54, 1.807) is 43.5 Å². The molecule has 158 valence electrons. The highest BCUT2D eigenvalue weighted by Crippen LogP contribution is 2.22. The van der Waals surface area contributed by atoms with Crippen LogP contribution in [0.15, 0.2) is 77.9 Å². The number of amides is 1. The van der Waals surface area contributed by atoms with Gasteiger partial charge in [0, 0.05) is 0 Å². The maximum atomic E-state index is 13.2. The molecule has 0 saturated heterocycles. The molecule has 0 aliphatic heterocycles. The number of carbonyl (C=O) groups excluding carboxylic acids is 2. The summed E-state index contributed by atoms with van der Waals surface area (Å²) in [5.74, 6) is -0.562. The topological polar surface area (TPSA) is 89.0 Å². The normalized spacial score (nSPS) is 10.5. The van der Waals surface area contributed by atoms with Gasteiger partial charge in [0.05, 0.1) is 31.1 Å². The summed E-state index contributed by atoms with van der Waals surface area (Å²) in [4.78, 5) is 24.0. The molecule has 0 aliphatic carbocycles. The highest BCUT2D eigenvalue weighted by atomic mass is 19.1. The molecule has 0 unspecified atom stereocenters. The van der Waals surface area contributed by atoms with Crippen molar-refractivity contribution < 1.29 is 23.5 Å². The van der Waals surface area contributed by atoms with Gasteiger partial charge in [-0.1, -0.05) is 18.2 Å². The number of rotatable bonds is 8. The second-order valence-corrected chi connectivity index (χ2v) is 6.32. The fraction of sp³-hybridized carbons (Fsp3) is 0.0870. The first-order chi connectivity index (χ1) is 15.0. The van der Waals surface area contributed by atoms with E-state index in [2.05, 4.69) is 15.8 Å². The molecule has 0 heterocycles. The number of hydrazone groups is 1. The number of methoxy groups -OCH3 is 1. The SMILES string of the molecule is COc1ccccc1NCC(=O)N/N=C\c1ccc(OC(=O)c2cccc(F)c2)cc1. The van der Waals surface area contributed by atoms with E-state index in [4.69, 9.17) is 9.47 Å². The molecule has 31 heavy (non-hydrogen) atoms. The zero-order valence-corrected chi connectivity index (χ0v) is 16.7. The minimum Gasteiger partial charge on any atom is -0.495 e. The number of esters is 1. The molecule has 7 nitrogen and oxygen atoms in total. The summed E-state index contributed by atoms with van der Waals surface area (Å²) in [6, 6.07) is 19.0. The lowest BCUT2D eigenvalue weighted by Gasteiger charge is -2.09. The monoisotopic (exact) mass is 421 g/mol.